The monoisotopic (exact) mass is 328 g/mol. The Hall–Kier alpha value is -1.01. The first-order valence-corrected chi connectivity index (χ1v) is 7.39. The molecule has 0 saturated carbocycles. The van der Waals surface area contributed by atoms with Crippen LogP contribution in [-0.2, 0) is 18.4 Å². The van der Waals surface area contributed by atoms with E-state index in [1.54, 1.807) is 0 Å². The SMILES string of the molecule is COP(=O)(CC(=O)C(F)(F)Oc1cccc(Cl)c1)OC. The topological polar surface area (TPSA) is 61.8 Å². The second-order valence-corrected chi connectivity index (χ2v) is 6.34. The molecule has 0 aliphatic heterocycles. The smallest absolute Gasteiger partial charge is 0.427 e. The predicted molar refractivity (Wildman–Crippen MR) is 68.5 cm³/mol. The maximum Gasteiger partial charge on any atom is 0.461 e. The molecule has 0 aliphatic carbocycles. The summed E-state index contributed by atoms with van der Waals surface area (Å²) >= 11 is 5.61. The number of benzene rings is 1. The Labute approximate surface area is 119 Å². The second kappa shape index (κ2) is 6.63. The van der Waals surface area contributed by atoms with Crippen molar-refractivity contribution in [2.45, 2.75) is 6.11 Å². The largest absolute Gasteiger partial charge is 0.461 e. The van der Waals surface area contributed by atoms with Crippen molar-refractivity contribution in [3.8, 4) is 5.75 Å². The lowest BCUT2D eigenvalue weighted by Gasteiger charge is -2.19. The van der Waals surface area contributed by atoms with Crippen LogP contribution in [0.25, 0.3) is 0 Å². The summed E-state index contributed by atoms with van der Waals surface area (Å²) in [5, 5.41) is 0.171. The molecule has 0 N–H and O–H groups in total. The fraction of sp³-hybridized carbons (Fsp3) is 0.364. The van der Waals surface area contributed by atoms with Crippen LogP contribution >= 0.6 is 19.2 Å². The van der Waals surface area contributed by atoms with Crippen molar-refractivity contribution in [3.63, 3.8) is 0 Å². The van der Waals surface area contributed by atoms with E-state index in [1.165, 1.54) is 18.2 Å². The molecule has 0 spiro atoms. The van der Waals surface area contributed by atoms with Crippen LogP contribution in [0.5, 0.6) is 5.75 Å². The molecule has 0 heterocycles. The van der Waals surface area contributed by atoms with E-state index in [2.05, 4.69) is 13.8 Å². The molecular formula is C11H12ClF2O5P. The molecule has 20 heavy (non-hydrogen) atoms. The lowest BCUT2D eigenvalue weighted by Crippen LogP contribution is -2.37. The molecule has 1 rings (SSSR count). The zero-order valence-corrected chi connectivity index (χ0v) is 12.3. The first kappa shape index (κ1) is 17.0. The van der Waals surface area contributed by atoms with Gasteiger partial charge < -0.3 is 13.8 Å². The third-order valence-corrected chi connectivity index (χ3v) is 4.28. The number of hydrogen-bond acceptors (Lipinski definition) is 5. The van der Waals surface area contributed by atoms with Crippen LogP contribution in [0.4, 0.5) is 8.78 Å². The molecule has 0 atom stereocenters. The molecule has 0 bridgehead atoms. The fourth-order valence-electron chi connectivity index (χ4n) is 1.21. The fourth-order valence-corrected chi connectivity index (χ4v) is 2.33. The zero-order chi connectivity index (χ0) is 15.4. The van der Waals surface area contributed by atoms with Gasteiger partial charge in [0.15, 0.2) is 0 Å². The summed E-state index contributed by atoms with van der Waals surface area (Å²) < 4.78 is 51.9. The van der Waals surface area contributed by atoms with E-state index in [1.807, 2.05) is 0 Å². The highest BCUT2D eigenvalue weighted by Gasteiger charge is 2.45. The molecule has 0 aromatic heterocycles. The van der Waals surface area contributed by atoms with Gasteiger partial charge in [-0.1, -0.05) is 17.7 Å². The summed E-state index contributed by atoms with van der Waals surface area (Å²) in [6, 6.07) is 5.17. The van der Waals surface area contributed by atoms with Crippen LogP contribution < -0.4 is 4.74 Å². The quantitative estimate of drug-likeness (QED) is 0.718. The molecule has 0 fully saturated rings. The first-order valence-electron chi connectivity index (χ1n) is 5.28. The standard InChI is InChI=1S/C11H12ClF2O5P/c1-17-20(16,18-2)7-10(15)11(13,14)19-9-5-3-4-8(12)6-9/h3-6H,7H2,1-2H3. The summed E-state index contributed by atoms with van der Waals surface area (Å²) in [5.74, 6) is -2.01. The average molecular weight is 329 g/mol. The summed E-state index contributed by atoms with van der Waals surface area (Å²) in [5.41, 5.74) is 0. The number of ether oxygens (including phenoxy) is 1. The number of carbonyl (C=O) groups is 1. The molecule has 1 aromatic rings. The average Bonchev–Trinajstić information content (AvgIpc) is 2.38. The van der Waals surface area contributed by atoms with Crippen LogP contribution in [0.1, 0.15) is 0 Å². The van der Waals surface area contributed by atoms with Crippen molar-refractivity contribution in [2.24, 2.45) is 0 Å². The summed E-state index contributed by atoms with van der Waals surface area (Å²) in [7, 11) is -1.90. The maximum absolute atomic E-state index is 13.6. The lowest BCUT2D eigenvalue weighted by molar-refractivity contribution is -0.188. The number of hydrogen-bond donors (Lipinski definition) is 0. The number of Topliss-reactive ketones (excluding diaryl/α,β-unsaturated/α-hetero) is 1. The van der Waals surface area contributed by atoms with Gasteiger partial charge >= 0.3 is 13.7 Å². The van der Waals surface area contributed by atoms with E-state index in [0.29, 0.717) is 0 Å². The van der Waals surface area contributed by atoms with Gasteiger partial charge in [0.25, 0.3) is 5.78 Å². The Balaban J connectivity index is 2.83. The van der Waals surface area contributed by atoms with Gasteiger partial charge in [0.1, 0.15) is 11.9 Å². The Morgan fingerprint density at radius 2 is 1.95 bits per heavy atom. The minimum Gasteiger partial charge on any atom is -0.427 e. The molecule has 9 heteroatoms. The van der Waals surface area contributed by atoms with Crippen molar-refractivity contribution < 1.29 is 31.9 Å². The Kier molecular flexibility index (Phi) is 5.65. The van der Waals surface area contributed by atoms with E-state index in [4.69, 9.17) is 11.6 Å². The van der Waals surface area contributed by atoms with Crippen molar-refractivity contribution in [1.29, 1.82) is 0 Å². The van der Waals surface area contributed by atoms with Crippen molar-refractivity contribution >= 4 is 25.0 Å². The van der Waals surface area contributed by atoms with Gasteiger partial charge in [0.2, 0.25) is 0 Å². The predicted octanol–water partition coefficient (Wildman–Crippen LogP) is 3.37. The van der Waals surface area contributed by atoms with Crippen molar-refractivity contribution in [2.75, 3.05) is 20.4 Å². The normalized spacial score (nSPS) is 12.2. The first-order chi connectivity index (χ1) is 9.22. The highest BCUT2D eigenvalue weighted by Crippen LogP contribution is 2.47. The van der Waals surface area contributed by atoms with Gasteiger partial charge in [-0.15, -0.1) is 0 Å². The number of halogens is 3. The molecular weight excluding hydrogens is 317 g/mol. The highest BCUT2D eigenvalue weighted by molar-refractivity contribution is 7.54. The molecule has 112 valence electrons. The van der Waals surface area contributed by atoms with E-state index in [-0.39, 0.29) is 10.8 Å². The van der Waals surface area contributed by atoms with Gasteiger partial charge in [-0.3, -0.25) is 9.36 Å². The molecule has 0 radical (unpaired) electrons. The summed E-state index contributed by atoms with van der Waals surface area (Å²) in [6.07, 6.45) is -5.27. The number of alkyl halides is 2. The highest BCUT2D eigenvalue weighted by atomic mass is 35.5. The summed E-state index contributed by atoms with van der Waals surface area (Å²) in [4.78, 5) is 11.4. The van der Waals surface area contributed by atoms with E-state index in [0.717, 1.165) is 20.3 Å². The molecule has 0 aliphatic rings. The van der Waals surface area contributed by atoms with Crippen LogP contribution in [0.3, 0.4) is 0 Å². The van der Waals surface area contributed by atoms with Crippen LogP contribution in [0, 0.1) is 0 Å². The van der Waals surface area contributed by atoms with Gasteiger partial charge in [-0.2, -0.15) is 8.78 Å². The van der Waals surface area contributed by atoms with Crippen LogP contribution in [-0.4, -0.2) is 32.3 Å². The Morgan fingerprint density at radius 1 is 1.35 bits per heavy atom. The number of rotatable bonds is 7. The Morgan fingerprint density at radius 3 is 2.45 bits per heavy atom. The van der Waals surface area contributed by atoms with E-state index < -0.39 is 25.6 Å². The molecule has 0 amide bonds. The van der Waals surface area contributed by atoms with Gasteiger partial charge in [-0.25, -0.2) is 0 Å². The van der Waals surface area contributed by atoms with Gasteiger partial charge in [-0.05, 0) is 18.2 Å². The molecule has 1 aromatic carbocycles. The van der Waals surface area contributed by atoms with E-state index >= 15 is 0 Å². The zero-order valence-electron chi connectivity index (χ0n) is 10.6. The number of ketones is 1. The molecule has 5 nitrogen and oxygen atoms in total. The molecule has 0 saturated heterocycles. The van der Waals surface area contributed by atoms with Crippen LogP contribution in [0.2, 0.25) is 5.02 Å². The second-order valence-electron chi connectivity index (χ2n) is 3.63. The maximum atomic E-state index is 13.6. The lowest BCUT2D eigenvalue weighted by atomic mass is 10.3. The Bertz CT molecular complexity index is 529. The van der Waals surface area contributed by atoms with E-state index in [9.17, 15) is 18.1 Å². The minimum absolute atomic E-state index is 0.171. The van der Waals surface area contributed by atoms with Crippen LogP contribution in [0.15, 0.2) is 24.3 Å². The third-order valence-electron chi connectivity index (χ3n) is 2.26. The van der Waals surface area contributed by atoms with Gasteiger partial charge in [0, 0.05) is 19.2 Å². The minimum atomic E-state index is -4.17. The van der Waals surface area contributed by atoms with Crippen molar-refractivity contribution in [1.82, 2.24) is 0 Å². The van der Waals surface area contributed by atoms with Gasteiger partial charge in [0.05, 0.1) is 0 Å². The summed E-state index contributed by atoms with van der Waals surface area (Å²) in [6.45, 7) is 0. The number of carbonyl (C=O) groups excluding carboxylic acids is 1. The van der Waals surface area contributed by atoms with Crippen molar-refractivity contribution in [3.05, 3.63) is 29.3 Å². The third kappa shape index (κ3) is 4.52. The molecule has 0 unspecified atom stereocenters.